The molecule has 0 aliphatic heterocycles. The van der Waals surface area contributed by atoms with E-state index in [4.69, 9.17) is 5.11 Å². The van der Waals surface area contributed by atoms with Crippen LogP contribution in [-0.4, -0.2) is 21.8 Å². The summed E-state index contributed by atoms with van der Waals surface area (Å²) in [6, 6.07) is 3.17. The molecule has 0 aliphatic rings. The number of benzene rings is 1. The van der Waals surface area contributed by atoms with Crippen LogP contribution in [0.1, 0.15) is 38.9 Å². The molecule has 2 rings (SSSR count). The zero-order chi connectivity index (χ0) is 15.9. The van der Waals surface area contributed by atoms with Crippen molar-refractivity contribution in [2.45, 2.75) is 20.0 Å². The largest absolute Gasteiger partial charge is 0.477 e. The molecule has 1 heterocycles. The number of hydrogen-bond acceptors (Lipinski definition) is 3. The molecule has 0 bridgehead atoms. The summed E-state index contributed by atoms with van der Waals surface area (Å²) < 4.78 is 39.4. The Kier molecular flexibility index (Phi) is 3.44. The van der Waals surface area contributed by atoms with E-state index in [0.29, 0.717) is 11.6 Å². The molecule has 7 heteroatoms. The van der Waals surface area contributed by atoms with E-state index < -0.39 is 34.7 Å². The number of nitrogens with zero attached hydrogens (tertiary/aromatic N) is 1. The van der Waals surface area contributed by atoms with E-state index >= 15 is 0 Å². The SMILES string of the molecule is CC(=O)c1cc(C(F)(F)F)c2nc(C(=O)O)cc(C)c2c1. The Morgan fingerprint density at radius 1 is 1.19 bits per heavy atom. The van der Waals surface area contributed by atoms with E-state index in [1.807, 2.05) is 0 Å². The summed E-state index contributed by atoms with van der Waals surface area (Å²) in [5.74, 6) is -1.92. The van der Waals surface area contributed by atoms with Crippen LogP contribution in [0, 0.1) is 6.92 Å². The maximum atomic E-state index is 13.1. The van der Waals surface area contributed by atoms with Crippen LogP contribution in [0.2, 0.25) is 0 Å². The second-order valence-electron chi connectivity index (χ2n) is 4.60. The molecule has 0 amide bonds. The normalized spacial score (nSPS) is 11.7. The van der Waals surface area contributed by atoms with Crippen molar-refractivity contribution >= 4 is 22.7 Å². The average molecular weight is 297 g/mol. The molecule has 2 aromatic rings. The van der Waals surface area contributed by atoms with Crippen molar-refractivity contribution in [3.8, 4) is 0 Å². The molecule has 0 aliphatic carbocycles. The van der Waals surface area contributed by atoms with Gasteiger partial charge in [-0.1, -0.05) is 0 Å². The van der Waals surface area contributed by atoms with Gasteiger partial charge in [0, 0.05) is 10.9 Å². The Morgan fingerprint density at radius 2 is 1.81 bits per heavy atom. The van der Waals surface area contributed by atoms with Crippen LogP contribution in [-0.2, 0) is 6.18 Å². The fourth-order valence-corrected chi connectivity index (χ4v) is 2.02. The van der Waals surface area contributed by atoms with Crippen LogP contribution >= 0.6 is 0 Å². The molecule has 1 aromatic carbocycles. The molecule has 1 aromatic heterocycles. The summed E-state index contributed by atoms with van der Waals surface area (Å²) in [6.45, 7) is 2.64. The van der Waals surface area contributed by atoms with Gasteiger partial charge >= 0.3 is 12.1 Å². The molecule has 0 saturated carbocycles. The Bertz CT molecular complexity index is 766. The van der Waals surface area contributed by atoms with Crippen molar-refractivity contribution in [2.24, 2.45) is 0 Å². The van der Waals surface area contributed by atoms with Gasteiger partial charge < -0.3 is 5.11 Å². The number of halogens is 3. The number of carboxylic acids is 1. The first kappa shape index (κ1) is 15.0. The number of carboxylic acid groups (broad SMARTS) is 1. The summed E-state index contributed by atoms with van der Waals surface area (Å²) in [4.78, 5) is 25.9. The van der Waals surface area contributed by atoms with Crippen LogP contribution in [0.3, 0.4) is 0 Å². The van der Waals surface area contributed by atoms with Crippen molar-refractivity contribution in [2.75, 3.05) is 0 Å². The number of pyridine rings is 1. The number of aromatic carboxylic acids is 1. The first-order chi connectivity index (χ1) is 9.61. The lowest BCUT2D eigenvalue weighted by Crippen LogP contribution is -2.11. The Labute approximate surface area is 117 Å². The highest BCUT2D eigenvalue weighted by molar-refractivity contribution is 6.00. The summed E-state index contributed by atoms with van der Waals surface area (Å²) in [5, 5.41) is 9.02. The number of fused-ring (bicyclic) bond motifs is 1. The Hall–Kier alpha value is -2.44. The van der Waals surface area contributed by atoms with E-state index in [2.05, 4.69) is 4.98 Å². The number of carbonyl (C=O) groups is 2. The van der Waals surface area contributed by atoms with Gasteiger partial charge in [-0.05, 0) is 37.6 Å². The molecule has 0 radical (unpaired) electrons. The van der Waals surface area contributed by atoms with Gasteiger partial charge in [-0.3, -0.25) is 4.79 Å². The Balaban J connectivity index is 2.95. The minimum atomic E-state index is -4.74. The van der Waals surface area contributed by atoms with Crippen molar-refractivity contribution in [1.29, 1.82) is 0 Å². The molecule has 4 nitrogen and oxygen atoms in total. The van der Waals surface area contributed by atoms with Crippen LogP contribution in [0.5, 0.6) is 0 Å². The van der Waals surface area contributed by atoms with Gasteiger partial charge in [-0.2, -0.15) is 13.2 Å². The highest BCUT2D eigenvalue weighted by atomic mass is 19.4. The fraction of sp³-hybridized carbons (Fsp3) is 0.214. The summed E-state index contributed by atoms with van der Waals surface area (Å²) in [7, 11) is 0. The second kappa shape index (κ2) is 4.83. The average Bonchev–Trinajstić information content (AvgIpc) is 2.36. The van der Waals surface area contributed by atoms with E-state index in [1.54, 1.807) is 0 Å². The first-order valence-corrected chi connectivity index (χ1v) is 5.88. The van der Waals surface area contributed by atoms with Crippen LogP contribution in [0.15, 0.2) is 18.2 Å². The summed E-state index contributed by atoms with van der Waals surface area (Å²) in [6.07, 6.45) is -4.74. The van der Waals surface area contributed by atoms with Crippen molar-refractivity contribution in [1.82, 2.24) is 4.98 Å². The maximum absolute atomic E-state index is 13.1. The topological polar surface area (TPSA) is 67.3 Å². The highest BCUT2D eigenvalue weighted by Crippen LogP contribution is 2.36. The molecule has 21 heavy (non-hydrogen) atoms. The highest BCUT2D eigenvalue weighted by Gasteiger charge is 2.34. The third kappa shape index (κ3) is 2.72. The number of ketones is 1. The molecule has 0 fully saturated rings. The third-order valence-corrected chi connectivity index (χ3v) is 3.05. The number of Topliss-reactive ketones (excluding diaryl/α,β-unsaturated/α-hetero) is 1. The molecular weight excluding hydrogens is 287 g/mol. The number of hydrogen-bond donors (Lipinski definition) is 1. The number of carbonyl (C=O) groups excluding carboxylic acids is 1. The molecule has 0 spiro atoms. The number of alkyl halides is 3. The zero-order valence-corrected chi connectivity index (χ0v) is 11.1. The Morgan fingerprint density at radius 3 is 2.29 bits per heavy atom. The van der Waals surface area contributed by atoms with Gasteiger partial charge in [0.1, 0.15) is 5.69 Å². The minimum Gasteiger partial charge on any atom is -0.477 e. The smallest absolute Gasteiger partial charge is 0.418 e. The first-order valence-electron chi connectivity index (χ1n) is 5.88. The molecular formula is C14H10F3NO3. The quantitative estimate of drug-likeness (QED) is 0.862. The minimum absolute atomic E-state index is 0.0946. The molecule has 1 N–H and O–H groups in total. The fourth-order valence-electron chi connectivity index (χ4n) is 2.02. The van der Waals surface area contributed by atoms with Gasteiger partial charge in [-0.25, -0.2) is 9.78 Å². The van der Waals surface area contributed by atoms with Crippen LogP contribution in [0.25, 0.3) is 10.9 Å². The van der Waals surface area contributed by atoms with Crippen molar-refractivity contribution in [3.05, 3.63) is 40.6 Å². The molecule has 110 valence electrons. The van der Waals surface area contributed by atoms with Gasteiger partial charge in [0.25, 0.3) is 0 Å². The van der Waals surface area contributed by atoms with Crippen molar-refractivity contribution in [3.63, 3.8) is 0 Å². The monoisotopic (exact) mass is 297 g/mol. The lowest BCUT2D eigenvalue weighted by atomic mass is 9.99. The van der Waals surface area contributed by atoms with Crippen LogP contribution in [0.4, 0.5) is 13.2 Å². The number of rotatable bonds is 2. The third-order valence-electron chi connectivity index (χ3n) is 3.05. The van der Waals surface area contributed by atoms with E-state index in [1.165, 1.54) is 19.1 Å². The van der Waals surface area contributed by atoms with Crippen LogP contribution < -0.4 is 0 Å². The molecule has 0 unspecified atom stereocenters. The van der Waals surface area contributed by atoms with Gasteiger partial charge in [0.15, 0.2) is 5.78 Å². The maximum Gasteiger partial charge on any atom is 0.418 e. The van der Waals surface area contributed by atoms with E-state index in [-0.39, 0.29) is 10.9 Å². The van der Waals surface area contributed by atoms with E-state index in [9.17, 15) is 22.8 Å². The second-order valence-corrected chi connectivity index (χ2v) is 4.60. The lowest BCUT2D eigenvalue weighted by Gasteiger charge is -2.13. The standard InChI is InChI=1S/C14H10F3NO3/c1-6-3-11(13(20)21)18-12-9(6)4-8(7(2)19)5-10(12)14(15,16)17/h3-5H,1-2H3,(H,20,21). The lowest BCUT2D eigenvalue weighted by molar-refractivity contribution is -0.136. The van der Waals surface area contributed by atoms with Crippen molar-refractivity contribution < 1.29 is 27.9 Å². The molecule has 0 atom stereocenters. The predicted molar refractivity (Wildman–Crippen MR) is 68.4 cm³/mol. The number of aromatic nitrogens is 1. The predicted octanol–water partition coefficient (Wildman–Crippen LogP) is 3.46. The van der Waals surface area contributed by atoms with Gasteiger partial charge in [-0.15, -0.1) is 0 Å². The number of aryl methyl sites for hydroxylation is 1. The summed E-state index contributed by atoms with van der Waals surface area (Å²) >= 11 is 0. The summed E-state index contributed by atoms with van der Waals surface area (Å²) in [5.41, 5.74) is -1.84. The van der Waals surface area contributed by atoms with E-state index in [0.717, 1.165) is 6.92 Å². The van der Waals surface area contributed by atoms with Gasteiger partial charge in [0.2, 0.25) is 0 Å². The zero-order valence-electron chi connectivity index (χ0n) is 11.1. The van der Waals surface area contributed by atoms with Gasteiger partial charge in [0.05, 0.1) is 11.1 Å². The molecule has 0 saturated heterocycles.